The van der Waals surface area contributed by atoms with E-state index in [0.717, 1.165) is 17.4 Å². The zero-order valence-electron chi connectivity index (χ0n) is 17.2. The Morgan fingerprint density at radius 2 is 2.14 bits per heavy atom. The highest BCUT2D eigenvalue weighted by Gasteiger charge is 2.36. The maximum absolute atomic E-state index is 12.9. The minimum atomic E-state index is -1.14. The van der Waals surface area contributed by atoms with Crippen LogP contribution in [0, 0.1) is 5.92 Å². The van der Waals surface area contributed by atoms with Crippen LogP contribution in [0.2, 0.25) is 25.7 Å². The van der Waals surface area contributed by atoms with Crippen LogP contribution in [-0.4, -0.2) is 46.7 Å². The number of imidazole rings is 1. The normalized spacial score (nSPS) is 16.6. The van der Waals surface area contributed by atoms with Crippen molar-refractivity contribution in [3.8, 4) is 0 Å². The Morgan fingerprint density at radius 1 is 1.38 bits per heavy atom. The Balaban J connectivity index is 1.62. The lowest BCUT2D eigenvalue weighted by atomic mass is 9.85. The number of aromatic nitrogens is 3. The first-order valence-corrected chi connectivity index (χ1v) is 14.1. The van der Waals surface area contributed by atoms with Crippen LogP contribution < -0.4 is 5.32 Å². The minimum absolute atomic E-state index is 0.242. The highest BCUT2D eigenvalue weighted by atomic mass is 32.1. The topological polar surface area (TPSA) is 103 Å². The lowest BCUT2D eigenvalue weighted by Gasteiger charge is -2.17. The van der Waals surface area contributed by atoms with E-state index in [4.69, 9.17) is 4.74 Å². The molecule has 8 nitrogen and oxygen atoms in total. The monoisotopic (exact) mass is 434 g/mol. The number of Topliss-reactive ketones (excluding diaryl/α,β-unsaturated/α-hetero) is 2. The second-order valence-corrected chi connectivity index (χ2v) is 15.0. The molecule has 0 radical (unpaired) electrons. The van der Waals surface area contributed by atoms with Crippen LogP contribution in [0.15, 0.2) is 12.5 Å². The first-order valence-electron chi connectivity index (χ1n) is 9.59. The molecule has 1 N–H and O–H groups in total. The van der Waals surface area contributed by atoms with Crippen molar-refractivity contribution >= 4 is 42.0 Å². The summed E-state index contributed by atoms with van der Waals surface area (Å²) in [6, 6.07) is 1.07. The van der Waals surface area contributed by atoms with Crippen LogP contribution in [-0.2, 0) is 22.7 Å². The maximum Gasteiger partial charge on any atom is 0.223 e. The highest BCUT2D eigenvalue weighted by molar-refractivity contribution is 7.17. The van der Waals surface area contributed by atoms with Crippen molar-refractivity contribution < 1.29 is 19.1 Å². The van der Waals surface area contributed by atoms with Gasteiger partial charge in [-0.15, -0.1) is 0 Å². The Hall–Kier alpha value is -2.17. The molecule has 2 aromatic heterocycles. The van der Waals surface area contributed by atoms with Gasteiger partial charge in [0, 0.05) is 27.8 Å². The van der Waals surface area contributed by atoms with Gasteiger partial charge < -0.3 is 14.6 Å². The zero-order chi connectivity index (χ0) is 21.2. The van der Waals surface area contributed by atoms with Crippen molar-refractivity contribution in [1.82, 2.24) is 14.5 Å². The van der Waals surface area contributed by atoms with Gasteiger partial charge in [-0.2, -0.15) is 0 Å². The van der Waals surface area contributed by atoms with Gasteiger partial charge in [-0.25, -0.2) is 9.97 Å². The summed E-state index contributed by atoms with van der Waals surface area (Å²) in [5, 5.41) is 2.99. The molecule has 0 fully saturated rings. The molecule has 0 aliphatic heterocycles. The summed E-state index contributed by atoms with van der Waals surface area (Å²) in [5.41, 5.74) is 0.918. The summed E-state index contributed by atoms with van der Waals surface area (Å²) in [5.74, 6) is -1.53. The van der Waals surface area contributed by atoms with Crippen molar-refractivity contribution in [2.75, 3.05) is 11.9 Å². The summed E-state index contributed by atoms with van der Waals surface area (Å²) < 4.78 is 7.39. The first-order chi connectivity index (χ1) is 13.6. The van der Waals surface area contributed by atoms with Gasteiger partial charge in [0.15, 0.2) is 16.7 Å². The predicted octanol–water partition coefficient (Wildman–Crippen LogP) is 3.24. The summed E-state index contributed by atoms with van der Waals surface area (Å²) in [6.07, 6.45) is 4.11. The Kier molecular flexibility index (Phi) is 6.44. The molecule has 156 valence electrons. The van der Waals surface area contributed by atoms with Crippen molar-refractivity contribution in [2.24, 2.45) is 5.92 Å². The van der Waals surface area contributed by atoms with Gasteiger partial charge in [-0.3, -0.25) is 14.4 Å². The first kappa shape index (κ1) is 21.5. The van der Waals surface area contributed by atoms with E-state index < -0.39 is 14.0 Å². The summed E-state index contributed by atoms with van der Waals surface area (Å²) in [4.78, 5) is 45.8. The number of ketones is 2. The molecule has 1 unspecified atom stereocenters. The molecule has 2 aromatic rings. The Morgan fingerprint density at radius 3 is 2.83 bits per heavy atom. The predicted molar refractivity (Wildman–Crippen MR) is 113 cm³/mol. The number of fused-ring (bicyclic) bond motifs is 1. The number of hydrogen-bond donors (Lipinski definition) is 1. The number of carbonyl (C=O) groups excluding carboxylic acids is 3. The summed E-state index contributed by atoms with van der Waals surface area (Å²) in [6.45, 7) is 9.28. The molecule has 1 atom stereocenters. The van der Waals surface area contributed by atoms with Gasteiger partial charge in [0.1, 0.15) is 12.4 Å². The van der Waals surface area contributed by atoms with Gasteiger partial charge in [0.2, 0.25) is 5.91 Å². The number of thiazole rings is 1. The van der Waals surface area contributed by atoms with E-state index in [9.17, 15) is 14.4 Å². The van der Waals surface area contributed by atoms with Crippen LogP contribution >= 0.6 is 11.3 Å². The molecular formula is C19H26N4O4SSi. The average molecular weight is 435 g/mol. The van der Waals surface area contributed by atoms with Crippen molar-refractivity contribution in [3.63, 3.8) is 0 Å². The van der Waals surface area contributed by atoms with Gasteiger partial charge in [0.05, 0.1) is 22.8 Å². The molecule has 1 aliphatic carbocycles. The fourth-order valence-corrected chi connectivity index (χ4v) is 4.83. The zero-order valence-corrected chi connectivity index (χ0v) is 19.0. The van der Waals surface area contributed by atoms with Crippen LogP contribution in [0.3, 0.4) is 0 Å². The molecule has 0 aromatic carbocycles. The Labute approximate surface area is 174 Å². The lowest BCUT2D eigenvalue weighted by molar-refractivity contribution is -0.114. The van der Waals surface area contributed by atoms with Gasteiger partial charge in [0.25, 0.3) is 0 Å². The van der Waals surface area contributed by atoms with Crippen LogP contribution in [0.1, 0.15) is 39.2 Å². The van der Waals surface area contributed by atoms with E-state index >= 15 is 0 Å². The maximum atomic E-state index is 12.9. The van der Waals surface area contributed by atoms with Crippen molar-refractivity contribution in [1.29, 1.82) is 0 Å². The summed E-state index contributed by atoms with van der Waals surface area (Å²) in [7, 11) is -1.14. The number of nitrogens with zero attached hydrogens (tertiary/aromatic N) is 3. The number of nitrogens with one attached hydrogen (secondary N) is 1. The SMILES string of the molecule is CC(=O)Nc1nc2c(s1)C(=O)C(C(=O)c1cn(COCC[Si](C)(C)C)cn1)CC2. The number of carbonyl (C=O) groups is 3. The van der Waals surface area contributed by atoms with E-state index in [-0.39, 0.29) is 23.2 Å². The molecule has 0 spiro atoms. The van der Waals surface area contributed by atoms with E-state index in [1.165, 1.54) is 6.92 Å². The van der Waals surface area contributed by atoms with Gasteiger partial charge >= 0.3 is 0 Å². The summed E-state index contributed by atoms with van der Waals surface area (Å²) >= 11 is 1.12. The molecule has 0 saturated carbocycles. The second-order valence-electron chi connectivity index (χ2n) is 8.42. The number of amides is 1. The third-order valence-electron chi connectivity index (χ3n) is 4.63. The van der Waals surface area contributed by atoms with Crippen LogP contribution in [0.25, 0.3) is 0 Å². The van der Waals surface area contributed by atoms with E-state index in [1.54, 1.807) is 17.1 Å². The van der Waals surface area contributed by atoms with Crippen molar-refractivity contribution in [2.45, 2.75) is 52.2 Å². The quantitative estimate of drug-likeness (QED) is 0.296. The van der Waals surface area contributed by atoms with Crippen LogP contribution in [0.5, 0.6) is 0 Å². The van der Waals surface area contributed by atoms with E-state index in [1.807, 2.05) is 0 Å². The molecule has 3 rings (SSSR count). The number of ether oxygens (including phenoxy) is 1. The number of rotatable bonds is 8. The molecule has 2 heterocycles. The molecule has 0 saturated heterocycles. The smallest absolute Gasteiger partial charge is 0.223 e. The van der Waals surface area contributed by atoms with Crippen LogP contribution in [0.4, 0.5) is 5.13 Å². The number of aryl methyl sites for hydroxylation is 1. The highest BCUT2D eigenvalue weighted by Crippen LogP contribution is 2.33. The average Bonchev–Trinajstić information content (AvgIpc) is 3.24. The lowest BCUT2D eigenvalue weighted by Crippen LogP contribution is -2.29. The molecule has 1 amide bonds. The number of hydrogen-bond acceptors (Lipinski definition) is 7. The minimum Gasteiger partial charge on any atom is -0.361 e. The fraction of sp³-hybridized carbons (Fsp3) is 0.526. The fourth-order valence-electron chi connectivity index (χ4n) is 3.02. The second kappa shape index (κ2) is 8.68. The third kappa shape index (κ3) is 5.46. The molecule has 1 aliphatic rings. The van der Waals surface area contributed by atoms with E-state index in [0.29, 0.717) is 41.9 Å². The molecule has 0 bridgehead atoms. The van der Waals surface area contributed by atoms with Gasteiger partial charge in [-0.1, -0.05) is 31.0 Å². The standard InChI is InChI=1S/C19H26N4O4SSi/c1-12(24)21-19-22-14-6-5-13(17(26)18(14)28-19)16(25)15-9-23(10-20-15)11-27-7-8-29(2,3)4/h9-10,13H,5-8,11H2,1-4H3,(H,21,22,24). The van der Waals surface area contributed by atoms with Gasteiger partial charge in [-0.05, 0) is 18.9 Å². The molecular weight excluding hydrogens is 408 g/mol. The third-order valence-corrected chi connectivity index (χ3v) is 7.36. The van der Waals surface area contributed by atoms with Crippen molar-refractivity contribution in [3.05, 3.63) is 28.8 Å². The Bertz CT molecular complexity index is 931. The number of anilines is 1. The largest absolute Gasteiger partial charge is 0.361 e. The van der Waals surface area contributed by atoms with E-state index in [2.05, 4.69) is 34.9 Å². The molecule has 10 heteroatoms. The molecule has 29 heavy (non-hydrogen) atoms.